The van der Waals surface area contributed by atoms with Gasteiger partial charge in [-0.15, -0.1) is 0 Å². The first kappa shape index (κ1) is 17.5. The van der Waals surface area contributed by atoms with Crippen LogP contribution in [0.1, 0.15) is 25.3 Å². The first-order valence-corrected chi connectivity index (χ1v) is 6.80. The molecule has 21 heavy (non-hydrogen) atoms. The Morgan fingerprint density at radius 1 is 1.24 bits per heavy atom. The number of nitriles is 1. The summed E-state index contributed by atoms with van der Waals surface area (Å²) in [6.45, 7) is 1.12. The van der Waals surface area contributed by atoms with Gasteiger partial charge in [0.05, 0.1) is 12.7 Å². The Hall–Kier alpha value is -1.58. The van der Waals surface area contributed by atoms with Crippen molar-refractivity contribution in [1.82, 2.24) is 5.32 Å². The lowest BCUT2D eigenvalue weighted by atomic mass is 9.88. The highest BCUT2D eigenvalue weighted by Gasteiger charge is 2.32. The van der Waals surface area contributed by atoms with Gasteiger partial charge < -0.3 is 4.74 Å². The summed E-state index contributed by atoms with van der Waals surface area (Å²) in [5.41, 5.74) is -0.292. The monoisotopic (exact) mass is 300 g/mol. The van der Waals surface area contributed by atoms with Crippen LogP contribution in [0.2, 0.25) is 0 Å². The normalized spacial score (nSPS) is 14.4. The third-order valence-corrected chi connectivity index (χ3v) is 3.02. The number of nitrogens with one attached hydrogen (secondary N) is 1. The lowest BCUT2D eigenvalue weighted by Crippen LogP contribution is -2.42. The van der Waals surface area contributed by atoms with Gasteiger partial charge in [-0.2, -0.15) is 18.4 Å². The summed E-state index contributed by atoms with van der Waals surface area (Å²) >= 11 is 0. The van der Waals surface area contributed by atoms with Crippen LogP contribution in [0.3, 0.4) is 0 Å². The molecule has 3 nitrogen and oxygen atoms in total. The molecule has 0 heterocycles. The topological polar surface area (TPSA) is 45.0 Å². The van der Waals surface area contributed by atoms with E-state index in [0.29, 0.717) is 6.54 Å². The van der Waals surface area contributed by atoms with Crippen molar-refractivity contribution in [2.45, 2.75) is 31.5 Å². The summed E-state index contributed by atoms with van der Waals surface area (Å²) in [6, 6.07) is 11.2. The van der Waals surface area contributed by atoms with Gasteiger partial charge in [0.15, 0.2) is 0 Å². The minimum atomic E-state index is -4.35. The van der Waals surface area contributed by atoms with Gasteiger partial charge in [-0.05, 0) is 18.5 Å². The van der Waals surface area contributed by atoms with E-state index in [9.17, 15) is 18.4 Å². The molecule has 0 aliphatic heterocycles. The molecule has 0 aromatic heterocycles. The van der Waals surface area contributed by atoms with Crippen molar-refractivity contribution >= 4 is 0 Å². The molecule has 116 valence electrons. The van der Waals surface area contributed by atoms with Crippen molar-refractivity contribution in [2.75, 3.05) is 19.8 Å². The van der Waals surface area contributed by atoms with Crippen LogP contribution in [0, 0.1) is 11.3 Å². The van der Waals surface area contributed by atoms with Crippen LogP contribution in [0.4, 0.5) is 13.2 Å². The van der Waals surface area contributed by atoms with Crippen LogP contribution in [-0.2, 0) is 10.3 Å². The smallest absolute Gasteiger partial charge is 0.372 e. The molecule has 0 aliphatic rings. The maximum atomic E-state index is 12.1. The molecule has 0 spiro atoms. The van der Waals surface area contributed by atoms with Gasteiger partial charge in [-0.3, -0.25) is 5.32 Å². The molecule has 0 aliphatic carbocycles. The highest BCUT2D eigenvalue weighted by atomic mass is 19.4. The predicted octanol–water partition coefficient (Wildman–Crippen LogP) is 3.37. The number of benzene rings is 1. The number of alkyl halides is 3. The van der Waals surface area contributed by atoms with Crippen molar-refractivity contribution < 1.29 is 17.9 Å². The van der Waals surface area contributed by atoms with Gasteiger partial charge in [0, 0.05) is 6.42 Å². The van der Waals surface area contributed by atoms with Crippen LogP contribution in [0.15, 0.2) is 30.3 Å². The molecule has 1 atom stereocenters. The zero-order valence-electron chi connectivity index (χ0n) is 11.9. The van der Waals surface area contributed by atoms with Crippen LogP contribution >= 0.6 is 0 Å². The molecule has 0 fully saturated rings. The van der Waals surface area contributed by atoms with E-state index in [0.717, 1.165) is 12.0 Å². The summed E-state index contributed by atoms with van der Waals surface area (Å²) in [4.78, 5) is 0. The SMILES string of the molecule is CCCNC(C#N)(CCOCC(F)(F)F)c1ccccc1. The van der Waals surface area contributed by atoms with E-state index < -0.39 is 18.3 Å². The Bertz CT molecular complexity index is 456. The van der Waals surface area contributed by atoms with Crippen LogP contribution in [0.25, 0.3) is 0 Å². The van der Waals surface area contributed by atoms with Gasteiger partial charge in [-0.25, -0.2) is 0 Å². The average Bonchev–Trinajstić information content (AvgIpc) is 2.47. The Morgan fingerprint density at radius 3 is 2.43 bits per heavy atom. The summed E-state index contributed by atoms with van der Waals surface area (Å²) < 4.78 is 40.9. The zero-order chi connectivity index (χ0) is 15.8. The fraction of sp³-hybridized carbons (Fsp3) is 0.533. The van der Waals surface area contributed by atoms with Crippen LogP contribution in [0.5, 0.6) is 0 Å². The zero-order valence-corrected chi connectivity index (χ0v) is 11.9. The summed E-state index contributed by atoms with van der Waals surface area (Å²) in [6.07, 6.45) is -3.37. The van der Waals surface area contributed by atoms with E-state index in [1.54, 1.807) is 24.3 Å². The minimum absolute atomic E-state index is 0.140. The molecule has 0 saturated carbocycles. The predicted molar refractivity (Wildman–Crippen MR) is 73.5 cm³/mol. The molecule has 1 aromatic rings. The summed E-state index contributed by atoms with van der Waals surface area (Å²) in [5.74, 6) is 0. The van der Waals surface area contributed by atoms with E-state index in [4.69, 9.17) is 0 Å². The quantitative estimate of drug-likeness (QED) is 0.749. The van der Waals surface area contributed by atoms with Crippen molar-refractivity contribution in [1.29, 1.82) is 5.26 Å². The number of ether oxygens (including phenoxy) is 1. The Kier molecular flexibility index (Phi) is 6.66. The second kappa shape index (κ2) is 8.01. The maximum Gasteiger partial charge on any atom is 0.411 e. The molecule has 0 amide bonds. The summed E-state index contributed by atoms with van der Waals surface area (Å²) in [7, 11) is 0. The number of hydrogen-bond donors (Lipinski definition) is 1. The standard InChI is InChI=1S/C15H19F3N2O/c1-2-9-20-14(11-19,13-6-4-3-5-7-13)8-10-21-12-15(16,17)18/h3-7,20H,2,8-10,12H2,1H3. The average molecular weight is 300 g/mol. The number of nitrogens with zero attached hydrogens (tertiary/aromatic N) is 1. The maximum absolute atomic E-state index is 12.1. The molecule has 1 N–H and O–H groups in total. The molecular weight excluding hydrogens is 281 g/mol. The van der Waals surface area contributed by atoms with Gasteiger partial charge in [0.1, 0.15) is 12.1 Å². The first-order chi connectivity index (χ1) is 9.93. The first-order valence-electron chi connectivity index (χ1n) is 6.80. The third kappa shape index (κ3) is 5.74. The lowest BCUT2D eigenvalue weighted by Gasteiger charge is -2.28. The van der Waals surface area contributed by atoms with Crippen molar-refractivity contribution in [3.8, 4) is 6.07 Å². The van der Waals surface area contributed by atoms with Crippen molar-refractivity contribution in [3.63, 3.8) is 0 Å². The Labute approximate surface area is 122 Å². The van der Waals surface area contributed by atoms with E-state index in [1.807, 2.05) is 13.0 Å². The Balaban J connectivity index is 2.75. The second-order valence-corrected chi connectivity index (χ2v) is 4.73. The second-order valence-electron chi connectivity index (χ2n) is 4.73. The van der Waals surface area contributed by atoms with Gasteiger partial charge in [-0.1, -0.05) is 37.3 Å². The molecule has 6 heteroatoms. The largest absolute Gasteiger partial charge is 0.411 e. The number of hydrogen-bond acceptors (Lipinski definition) is 3. The summed E-state index contributed by atoms with van der Waals surface area (Å²) in [5, 5.41) is 12.6. The van der Waals surface area contributed by atoms with Crippen LogP contribution in [-0.4, -0.2) is 25.9 Å². The minimum Gasteiger partial charge on any atom is -0.372 e. The molecular formula is C15H19F3N2O. The van der Waals surface area contributed by atoms with E-state index in [2.05, 4.69) is 16.1 Å². The van der Waals surface area contributed by atoms with E-state index in [1.165, 1.54) is 0 Å². The molecule has 1 rings (SSSR count). The highest BCUT2D eigenvalue weighted by Crippen LogP contribution is 2.25. The number of halogens is 3. The fourth-order valence-corrected chi connectivity index (χ4v) is 1.97. The third-order valence-electron chi connectivity index (χ3n) is 3.02. The van der Waals surface area contributed by atoms with E-state index >= 15 is 0 Å². The van der Waals surface area contributed by atoms with Gasteiger partial charge in [0.25, 0.3) is 0 Å². The molecule has 0 saturated heterocycles. The van der Waals surface area contributed by atoms with Gasteiger partial charge >= 0.3 is 6.18 Å². The van der Waals surface area contributed by atoms with Crippen molar-refractivity contribution in [2.24, 2.45) is 0 Å². The van der Waals surface area contributed by atoms with Crippen molar-refractivity contribution in [3.05, 3.63) is 35.9 Å². The molecule has 1 aromatic carbocycles. The molecule has 1 unspecified atom stereocenters. The van der Waals surface area contributed by atoms with E-state index in [-0.39, 0.29) is 13.0 Å². The lowest BCUT2D eigenvalue weighted by molar-refractivity contribution is -0.174. The molecule has 0 bridgehead atoms. The molecule has 0 radical (unpaired) electrons. The van der Waals surface area contributed by atoms with Crippen LogP contribution < -0.4 is 5.32 Å². The fourth-order valence-electron chi connectivity index (χ4n) is 1.97. The number of rotatable bonds is 8. The highest BCUT2D eigenvalue weighted by molar-refractivity contribution is 5.31. The Morgan fingerprint density at radius 2 is 1.90 bits per heavy atom. The van der Waals surface area contributed by atoms with Gasteiger partial charge in [0.2, 0.25) is 0 Å².